The topological polar surface area (TPSA) is 69.8 Å². The number of H-pyrrole nitrogens is 1. The van der Waals surface area contributed by atoms with Crippen LogP contribution in [0.3, 0.4) is 0 Å². The molecule has 29 heavy (non-hydrogen) atoms. The molecule has 0 atom stereocenters. The molecule has 2 aromatic carbocycles. The number of nitrogens with one attached hydrogen (secondary N) is 1. The Morgan fingerprint density at radius 2 is 1.62 bits per heavy atom. The lowest BCUT2D eigenvalue weighted by molar-refractivity contribution is 0.103. The molecule has 0 aliphatic carbocycles. The highest BCUT2D eigenvalue weighted by molar-refractivity contribution is 6.18. The molecule has 1 heterocycles. The predicted molar refractivity (Wildman–Crippen MR) is 113 cm³/mol. The molecule has 0 radical (unpaired) electrons. The number of methoxy groups -OCH3 is 4. The SMILES string of the molecule is CCCCc1[nH]c2cc(OC)ccc2c1C(=O)c1cc(OC)c(OC)c(OC)c1. The quantitative estimate of drug-likeness (QED) is 0.527. The molecule has 0 amide bonds. The fourth-order valence-electron chi connectivity index (χ4n) is 3.52. The molecule has 154 valence electrons. The minimum atomic E-state index is -0.0910. The Morgan fingerprint density at radius 1 is 0.931 bits per heavy atom. The first-order valence-corrected chi connectivity index (χ1v) is 9.61. The molecule has 3 rings (SSSR count). The number of aromatic amines is 1. The summed E-state index contributed by atoms with van der Waals surface area (Å²) in [5.74, 6) is 2.01. The van der Waals surface area contributed by atoms with E-state index in [1.165, 1.54) is 21.3 Å². The number of unbranched alkanes of at least 4 members (excludes halogenated alkanes) is 1. The number of benzene rings is 2. The van der Waals surface area contributed by atoms with E-state index in [9.17, 15) is 4.79 Å². The number of carbonyl (C=O) groups excluding carboxylic acids is 1. The van der Waals surface area contributed by atoms with Crippen molar-refractivity contribution < 1.29 is 23.7 Å². The van der Waals surface area contributed by atoms with E-state index in [-0.39, 0.29) is 5.78 Å². The number of hydrogen-bond acceptors (Lipinski definition) is 5. The van der Waals surface area contributed by atoms with Gasteiger partial charge in [0.05, 0.1) is 39.5 Å². The lowest BCUT2D eigenvalue weighted by Crippen LogP contribution is -2.06. The molecular formula is C23H27NO5. The zero-order valence-corrected chi connectivity index (χ0v) is 17.5. The Bertz CT molecular complexity index is 997. The van der Waals surface area contributed by atoms with Gasteiger partial charge in [0.1, 0.15) is 5.75 Å². The van der Waals surface area contributed by atoms with Crippen LogP contribution >= 0.6 is 0 Å². The fraction of sp³-hybridized carbons (Fsp3) is 0.348. The normalized spacial score (nSPS) is 10.8. The second-order valence-corrected chi connectivity index (χ2v) is 6.74. The van der Waals surface area contributed by atoms with Crippen molar-refractivity contribution in [3.8, 4) is 23.0 Å². The molecule has 0 unspecified atom stereocenters. The van der Waals surface area contributed by atoms with Crippen LogP contribution in [0.1, 0.15) is 41.4 Å². The standard InChI is InChI=1S/C23H27NO5/c1-6-7-8-17-21(16-10-9-15(26-2)13-18(16)24-17)22(25)14-11-19(27-3)23(29-5)20(12-14)28-4/h9-13,24H,6-8H2,1-5H3. The number of ether oxygens (including phenoxy) is 4. The maximum atomic E-state index is 13.6. The summed E-state index contributed by atoms with van der Waals surface area (Å²) in [6, 6.07) is 9.08. The van der Waals surface area contributed by atoms with Crippen molar-refractivity contribution in [1.29, 1.82) is 0 Å². The molecule has 0 bridgehead atoms. The Labute approximate surface area is 170 Å². The van der Waals surface area contributed by atoms with E-state index in [2.05, 4.69) is 11.9 Å². The first kappa shape index (κ1) is 20.6. The van der Waals surface area contributed by atoms with Gasteiger partial charge in [-0.2, -0.15) is 0 Å². The van der Waals surface area contributed by atoms with Crippen LogP contribution in [0, 0.1) is 0 Å². The molecule has 0 aliphatic heterocycles. The van der Waals surface area contributed by atoms with Crippen LogP contribution in [0.2, 0.25) is 0 Å². The average molecular weight is 397 g/mol. The van der Waals surface area contributed by atoms with Crippen LogP contribution in [0.4, 0.5) is 0 Å². The van der Waals surface area contributed by atoms with Crippen LogP contribution in [-0.4, -0.2) is 39.2 Å². The van der Waals surface area contributed by atoms with Gasteiger partial charge in [-0.25, -0.2) is 0 Å². The maximum absolute atomic E-state index is 13.6. The number of rotatable bonds is 9. The van der Waals surface area contributed by atoms with Crippen LogP contribution in [0.25, 0.3) is 10.9 Å². The number of carbonyl (C=O) groups is 1. The number of hydrogen-bond donors (Lipinski definition) is 1. The van der Waals surface area contributed by atoms with Gasteiger partial charge in [0.2, 0.25) is 5.75 Å². The Kier molecular flexibility index (Phi) is 6.32. The molecule has 0 spiro atoms. The lowest BCUT2D eigenvalue weighted by atomic mass is 9.97. The highest BCUT2D eigenvalue weighted by Gasteiger charge is 2.23. The van der Waals surface area contributed by atoms with Gasteiger partial charge < -0.3 is 23.9 Å². The van der Waals surface area contributed by atoms with E-state index in [1.807, 2.05) is 18.2 Å². The van der Waals surface area contributed by atoms with E-state index in [0.29, 0.717) is 28.4 Å². The van der Waals surface area contributed by atoms with Gasteiger partial charge in [0.25, 0.3) is 0 Å². The summed E-state index contributed by atoms with van der Waals surface area (Å²) < 4.78 is 21.5. The zero-order valence-electron chi connectivity index (χ0n) is 17.5. The largest absolute Gasteiger partial charge is 0.497 e. The third-order valence-electron chi connectivity index (χ3n) is 5.02. The maximum Gasteiger partial charge on any atom is 0.203 e. The number of ketones is 1. The van der Waals surface area contributed by atoms with Crippen molar-refractivity contribution in [2.75, 3.05) is 28.4 Å². The van der Waals surface area contributed by atoms with Crippen molar-refractivity contribution in [1.82, 2.24) is 4.98 Å². The van der Waals surface area contributed by atoms with Gasteiger partial charge in [0, 0.05) is 22.7 Å². The van der Waals surface area contributed by atoms with E-state index in [4.69, 9.17) is 18.9 Å². The van der Waals surface area contributed by atoms with Crippen molar-refractivity contribution >= 4 is 16.7 Å². The average Bonchev–Trinajstić information content (AvgIpc) is 3.13. The molecule has 6 nitrogen and oxygen atoms in total. The first-order valence-electron chi connectivity index (χ1n) is 9.61. The van der Waals surface area contributed by atoms with Crippen LogP contribution < -0.4 is 18.9 Å². The third-order valence-corrected chi connectivity index (χ3v) is 5.02. The van der Waals surface area contributed by atoms with Gasteiger partial charge in [-0.15, -0.1) is 0 Å². The molecule has 0 fully saturated rings. The van der Waals surface area contributed by atoms with E-state index in [0.717, 1.165) is 41.6 Å². The minimum Gasteiger partial charge on any atom is -0.497 e. The summed E-state index contributed by atoms with van der Waals surface area (Å²) in [5.41, 5.74) is 2.96. The number of aryl methyl sites for hydroxylation is 1. The van der Waals surface area contributed by atoms with Crippen molar-refractivity contribution in [2.24, 2.45) is 0 Å². The molecular weight excluding hydrogens is 370 g/mol. The van der Waals surface area contributed by atoms with Gasteiger partial charge in [-0.3, -0.25) is 4.79 Å². The van der Waals surface area contributed by atoms with Crippen LogP contribution in [0.5, 0.6) is 23.0 Å². The Morgan fingerprint density at radius 3 is 2.17 bits per heavy atom. The minimum absolute atomic E-state index is 0.0910. The van der Waals surface area contributed by atoms with Crippen molar-refractivity contribution in [2.45, 2.75) is 26.2 Å². The second-order valence-electron chi connectivity index (χ2n) is 6.74. The summed E-state index contributed by atoms with van der Waals surface area (Å²) in [5, 5.41) is 0.871. The molecule has 6 heteroatoms. The number of aromatic nitrogens is 1. The predicted octanol–water partition coefficient (Wildman–Crippen LogP) is 4.78. The van der Waals surface area contributed by atoms with Crippen molar-refractivity contribution in [3.05, 3.63) is 47.2 Å². The van der Waals surface area contributed by atoms with E-state index in [1.54, 1.807) is 19.2 Å². The van der Waals surface area contributed by atoms with Crippen molar-refractivity contribution in [3.63, 3.8) is 0 Å². The summed E-state index contributed by atoms with van der Waals surface area (Å²) >= 11 is 0. The lowest BCUT2D eigenvalue weighted by Gasteiger charge is -2.14. The van der Waals surface area contributed by atoms with Crippen LogP contribution in [-0.2, 0) is 6.42 Å². The van der Waals surface area contributed by atoms with Crippen LogP contribution in [0.15, 0.2) is 30.3 Å². The van der Waals surface area contributed by atoms with E-state index >= 15 is 0 Å². The zero-order chi connectivity index (χ0) is 21.0. The van der Waals surface area contributed by atoms with Gasteiger partial charge in [-0.05, 0) is 37.1 Å². The summed E-state index contributed by atoms with van der Waals surface area (Å²) in [6.07, 6.45) is 2.81. The molecule has 1 aromatic heterocycles. The van der Waals surface area contributed by atoms with Gasteiger partial charge >= 0.3 is 0 Å². The van der Waals surface area contributed by atoms with Gasteiger partial charge in [-0.1, -0.05) is 13.3 Å². The smallest absolute Gasteiger partial charge is 0.203 e. The highest BCUT2D eigenvalue weighted by atomic mass is 16.5. The molecule has 0 saturated heterocycles. The van der Waals surface area contributed by atoms with Gasteiger partial charge in [0.15, 0.2) is 17.3 Å². The Balaban J connectivity index is 2.17. The first-order chi connectivity index (χ1) is 14.1. The summed E-state index contributed by atoms with van der Waals surface area (Å²) in [7, 11) is 6.24. The fourth-order valence-corrected chi connectivity index (χ4v) is 3.52. The number of fused-ring (bicyclic) bond motifs is 1. The van der Waals surface area contributed by atoms with E-state index < -0.39 is 0 Å². The second kappa shape index (κ2) is 8.90. The summed E-state index contributed by atoms with van der Waals surface area (Å²) in [6.45, 7) is 2.13. The molecule has 0 aliphatic rings. The molecule has 3 aromatic rings. The molecule has 1 N–H and O–H groups in total. The third kappa shape index (κ3) is 3.88. The Hall–Kier alpha value is -3.15. The highest BCUT2D eigenvalue weighted by Crippen LogP contribution is 2.39. The molecule has 0 saturated carbocycles. The summed E-state index contributed by atoms with van der Waals surface area (Å²) in [4.78, 5) is 17.0. The monoisotopic (exact) mass is 397 g/mol.